The van der Waals surface area contributed by atoms with Gasteiger partial charge in [0.25, 0.3) is 0 Å². The van der Waals surface area contributed by atoms with E-state index in [9.17, 15) is 4.79 Å². The maximum Gasteiger partial charge on any atom is 0.227 e. The first-order chi connectivity index (χ1) is 16.1. The number of aryl methyl sites for hydroxylation is 3. The van der Waals surface area contributed by atoms with Crippen molar-refractivity contribution in [1.82, 2.24) is 9.55 Å². The van der Waals surface area contributed by atoms with Gasteiger partial charge in [-0.1, -0.05) is 36.4 Å². The van der Waals surface area contributed by atoms with E-state index in [0.29, 0.717) is 19.6 Å². The fourth-order valence-electron chi connectivity index (χ4n) is 4.59. The van der Waals surface area contributed by atoms with Gasteiger partial charge in [-0.15, -0.1) is 0 Å². The maximum absolute atomic E-state index is 13.0. The number of rotatable bonds is 7. The van der Waals surface area contributed by atoms with Crippen LogP contribution in [-0.2, 0) is 11.3 Å². The van der Waals surface area contributed by atoms with Crippen LogP contribution in [0.5, 0.6) is 5.75 Å². The second kappa shape index (κ2) is 9.10. The number of benzene rings is 3. The summed E-state index contributed by atoms with van der Waals surface area (Å²) in [5.41, 5.74) is 5.51. The van der Waals surface area contributed by atoms with E-state index < -0.39 is 0 Å². The largest absolute Gasteiger partial charge is 0.494 e. The van der Waals surface area contributed by atoms with Crippen molar-refractivity contribution in [2.24, 2.45) is 0 Å². The Morgan fingerprint density at radius 2 is 1.76 bits per heavy atom. The third-order valence-corrected chi connectivity index (χ3v) is 6.51. The number of hydrogen-bond donors (Lipinski definition) is 0. The molecule has 1 fully saturated rings. The van der Waals surface area contributed by atoms with Crippen LogP contribution in [0.3, 0.4) is 0 Å². The summed E-state index contributed by atoms with van der Waals surface area (Å²) >= 11 is 0. The lowest BCUT2D eigenvalue weighted by Gasteiger charge is -2.18. The molecule has 5 rings (SSSR count). The lowest BCUT2D eigenvalue weighted by Crippen LogP contribution is -2.24. The predicted molar refractivity (Wildman–Crippen MR) is 132 cm³/mol. The molecule has 1 amide bonds. The molecule has 1 aliphatic heterocycles. The number of fused-ring (bicyclic) bond motifs is 1. The van der Waals surface area contributed by atoms with E-state index in [4.69, 9.17) is 9.72 Å². The zero-order chi connectivity index (χ0) is 22.8. The molecule has 0 radical (unpaired) electrons. The van der Waals surface area contributed by atoms with Gasteiger partial charge in [0.05, 0.1) is 17.6 Å². The smallest absolute Gasteiger partial charge is 0.227 e. The van der Waals surface area contributed by atoms with Crippen LogP contribution >= 0.6 is 0 Å². The molecule has 2 heterocycles. The monoisotopic (exact) mass is 439 g/mol. The van der Waals surface area contributed by atoms with Gasteiger partial charge in [0.15, 0.2) is 0 Å². The van der Waals surface area contributed by atoms with Gasteiger partial charge in [-0.05, 0) is 67.8 Å². The van der Waals surface area contributed by atoms with Crippen molar-refractivity contribution in [3.05, 3.63) is 89.7 Å². The first kappa shape index (κ1) is 21.3. The molecule has 33 heavy (non-hydrogen) atoms. The molecule has 5 nitrogen and oxygen atoms in total. The molecular weight excluding hydrogens is 410 g/mol. The van der Waals surface area contributed by atoms with E-state index in [1.165, 1.54) is 11.1 Å². The highest BCUT2D eigenvalue weighted by Gasteiger charge is 2.34. The summed E-state index contributed by atoms with van der Waals surface area (Å²) in [5, 5.41) is 0. The van der Waals surface area contributed by atoms with Crippen LogP contribution in [-0.4, -0.2) is 28.6 Å². The van der Waals surface area contributed by atoms with E-state index in [-0.39, 0.29) is 11.8 Å². The van der Waals surface area contributed by atoms with E-state index in [1.807, 2.05) is 59.5 Å². The van der Waals surface area contributed by atoms with Crippen molar-refractivity contribution in [2.45, 2.75) is 39.2 Å². The maximum atomic E-state index is 13.0. The molecule has 1 saturated heterocycles. The molecule has 0 unspecified atom stereocenters. The first-order valence-corrected chi connectivity index (χ1v) is 11.6. The Kier molecular flexibility index (Phi) is 5.86. The third kappa shape index (κ3) is 4.36. The van der Waals surface area contributed by atoms with Gasteiger partial charge in [-0.25, -0.2) is 4.98 Å². The molecule has 1 aromatic heterocycles. The molecule has 4 aromatic rings. The van der Waals surface area contributed by atoms with Crippen LogP contribution in [0.1, 0.15) is 35.7 Å². The summed E-state index contributed by atoms with van der Waals surface area (Å²) in [5.74, 6) is 2.12. The van der Waals surface area contributed by atoms with Crippen LogP contribution in [0.2, 0.25) is 0 Å². The van der Waals surface area contributed by atoms with Gasteiger partial charge in [-0.2, -0.15) is 0 Å². The second-order valence-electron chi connectivity index (χ2n) is 8.80. The molecule has 1 aliphatic rings. The average Bonchev–Trinajstić information content (AvgIpc) is 3.40. The lowest BCUT2D eigenvalue weighted by molar-refractivity contribution is -0.117. The number of imidazole rings is 1. The van der Waals surface area contributed by atoms with Crippen LogP contribution in [0, 0.1) is 13.8 Å². The number of hydrogen-bond acceptors (Lipinski definition) is 3. The van der Waals surface area contributed by atoms with Crippen molar-refractivity contribution in [3.63, 3.8) is 0 Å². The zero-order valence-electron chi connectivity index (χ0n) is 19.2. The van der Waals surface area contributed by atoms with Gasteiger partial charge < -0.3 is 14.2 Å². The minimum atomic E-state index is 0.0709. The van der Waals surface area contributed by atoms with Crippen LogP contribution in [0.15, 0.2) is 72.8 Å². The normalized spacial score (nSPS) is 16.0. The summed E-state index contributed by atoms with van der Waals surface area (Å²) in [4.78, 5) is 19.9. The van der Waals surface area contributed by atoms with Crippen molar-refractivity contribution >= 4 is 22.6 Å². The highest BCUT2D eigenvalue weighted by Crippen LogP contribution is 2.34. The fourth-order valence-corrected chi connectivity index (χ4v) is 4.59. The summed E-state index contributed by atoms with van der Waals surface area (Å²) < 4.78 is 8.18. The Labute approximate surface area is 194 Å². The average molecular weight is 440 g/mol. The molecule has 1 atom stereocenters. The van der Waals surface area contributed by atoms with Crippen molar-refractivity contribution in [1.29, 1.82) is 0 Å². The molecule has 168 valence electrons. The van der Waals surface area contributed by atoms with Crippen LogP contribution in [0.25, 0.3) is 11.0 Å². The minimum absolute atomic E-state index is 0.0709. The van der Waals surface area contributed by atoms with Crippen molar-refractivity contribution < 1.29 is 9.53 Å². The SMILES string of the molecule is Cc1ccc(N2C[C@H](c3nc4ccccc4n3CCCOc3ccccc3)CC2=O)cc1C. The number of carbonyl (C=O) groups excluding carboxylic acids is 1. The van der Waals surface area contributed by atoms with Crippen LogP contribution in [0.4, 0.5) is 5.69 Å². The summed E-state index contributed by atoms with van der Waals surface area (Å²) in [6.07, 6.45) is 1.35. The van der Waals surface area contributed by atoms with E-state index in [2.05, 4.69) is 36.6 Å². The summed E-state index contributed by atoms with van der Waals surface area (Å²) in [6.45, 7) is 6.28. The number of nitrogens with zero attached hydrogens (tertiary/aromatic N) is 3. The molecule has 0 bridgehead atoms. The lowest BCUT2D eigenvalue weighted by atomic mass is 10.1. The third-order valence-electron chi connectivity index (χ3n) is 6.51. The van der Waals surface area contributed by atoms with Gasteiger partial charge in [0.2, 0.25) is 5.91 Å². The van der Waals surface area contributed by atoms with Gasteiger partial charge in [0.1, 0.15) is 11.6 Å². The number of amides is 1. The minimum Gasteiger partial charge on any atom is -0.494 e. The number of carbonyl (C=O) groups is 1. The topological polar surface area (TPSA) is 47.4 Å². The molecule has 0 spiro atoms. The highest BCUT2D eigenvalue weighted by molar-refractivity contribution is 5.96. The quantitative estimate of drug-likeness (QED) is 0.350. The fraction of sp³-hybridized carbons (Fsp3) is 0.286. The molecule has 3 aromatic carbocycles. The van der Waals surface area contributed by atoms with E-state index >= 15 is 0 Å². The highest BCUT2D eigenvalue weighted by atomic mass is 16.5. The first-order valence-electron chi connectivity index (χ1n) is 11.6. The number of anilines is 1. The van der Waals surface area contributed by atoms with Gasteiger partial charge >= 0.3 is 0 Å². The zero-order valence-corrected chi connectivity index (χ0v) is 19.2. The summed E-state index contributed by atoms with van der Waals surface area (Å²) in [6, 6.07) is 24.4. The number of ether oxygens (including phenoxy) is 1. The van der Waals surface area contributed by atoms with E-state index in [0.717, 1.165) is 41.3 Å². The van der Waals surface area contributed by atoms with Gasteiger partial charge in [0, 0.05) is 31.1 Å². The molecule has 0 N–H and O–H groups in total. The molecule has 5 heteroatoms. The summed E-state index contributed by atoms with van der Waals surface area (Å²) in [7, 11) is 0. The number of aromatic nitrogens is 2. The second-order valence-corrected chi connectivity index (χ2v) is 8.80. The Balaban J connectivity index is 1.36. The Morgan fingerprint density at radius 3 is 2.58 bits per heavy atom. The van der Waals surface area contributed by atoms with Crippen molar-refractivity contribution in [2.75, 3.05) is 18.1 Å². The Hall–Kier alpha value is -3.60. The van der Waals surface area contributed by atoms with Crippen molar-refractivity contribution in [3.8, 4) is 5.75 Å². The molecule has 0 aliphatic carbocycles. The Morgan fingerprint density at radius 1 is 0.970 bits per heavy atom. The molecular formula is C28H29N3O2. The van der Waals surface area contributed by atoms with Gasteiger partial charge in [-0.3, -0.25) is 4.79 Å². The molecule has 0 saturated carbocycles. The number of para-hydroxylation sites is 3. The standard InChI is InChI=1S/C28H29N3O2/c1-20-13-14-23(17-21(20)2)31-19-22(18-27(31)32)28-29-25-11-6-7-12-26(25)30(28)15-8-16-33-24-9-4-3-5-10-24/h3-7,9-14,17,22H,8,15-16,18-19H2,1-2H3/t22-/m1/s1. The van der Waals surface area contributed by atoms with E-state index in [1.54, 1.807) is 0 Å². The Bertz CT molecular complexity index is 1280. The van der Waals surface area contributed by atoms with Crippen LogP contribution < -0.4 is 9.64 Å². The predicted octanol–water partition coefficient (Wildman–Crippen LogP) is 5.64.